The molecular weight excluding hydrogens is 314 g/mol. The number of non-ortho nitro benzene ring substituents is 1. The molecule has 0 bridgehead atoms. The van der Waals surface area contributed by atoms with E-state index in [9.17, 15) is 19.7 Å². The van der Waals surface area contributed by atoms with Gasteiger partial charge in [-0.1, -0.05) is 6.07 Å². The number of rotatable bonds is 4. The van der Waals surface area contributed by atoms with Crippen LogP contribution >= 0.6 is 0 Å². The number of esters is 2. The van der Waals surface area contributed by atoms with E-state index in [1.54, 1.807) is 18.2 Å². The van der Waals surface area contributed by atoms with Crippen LogP contribution in [0.1, 0.15) is 31.8 Å². The van der Waals surface area contributed by atoms with Gasteiger partial charge < -0.3 is 9.47 Å². The summed E-state index contributed by atoms with van der Waals surface area (Å²) in [5.74, 6) is -1.26. The Morgan fingerprint density at radius 1 is 0.958 bits per heavy atom. The van der Waals surface area contributed by atoms with Crippen LogP contribution in [0.3, 0.4) is 0 Å². The molecule has 0 unspecified atom stereocenters. The standard InChI is InChI=1S/C17H15NO6/c1-10-4-5-15(6-11(10)2)24-17(20)13-7-12(16(19)23-3)8-14(9-13)18(21)22/h4-9H,1-3H3. The zero-order valence-electron chi connectivity index (χ0n) is 13.4. The van der Waals surface area contributed by atoms with Crippen molar-refractivity contribution < 1.29 is 24.0 Å². The lowest BCUT2D eigenvalue weighted by molar-refractivity contribution is -0.384. The van der Waals surface area contributed by atoms with E-state index in [1.165, 1.54) is 6.07 Å². The van der Waals surface area contributed by atoms with Crippen LogP contribution in [-0.4, -0.2) is 24.0 Å². The number of nitro benzene ring substituents is 1. The third-order valence-electron chi connectivity index (χ3n) is 3.47. The van der Waals surface area contributed by atoms with Gasteiger partial charge in [0.15, 0.2) is 0 Å². The highest BCUT2D eigenvalue weighted by atomic mass is 16.6. The Hall–Kier alpha value is -3.22. The topological polar surface area (TPSA) is 95.7 Å². The summed E-state index contributed by atoms with van der Waals surface area (Å²) in [6, 6.07) is 8.40. The Balaban J connectivity index is 2.37. The summed E-state index contributed by atoms with van der Waals surface area (Å²) in [4.78, 5) is 34.1. The molecule has 2 aromatic carbocycles. The number of nitro groups is 1. The number of benzene rings is 2. The van der Waals surface area contributed by atoms with Gasteiger partial charge in [-0.15, -0.1) is 0 Å². The minimum atomic E-state index is -0.799. The first kappa shape index (κ1) is 17.1. The van der Waals surface area contributed by atoms with Gasteiger partial charge >= 0.3 is 11.9 Å². The quantitative estimate of drug-likeness (QED) is 0.370. The third-order valence-corrected chi connectivity index (χ3v) is 3.47. The van der Waals surface area contributed by atoms with E-state index in [2.05, 4.69) is 4.74 Å². The Morgan fingerprint density at radius 3 is 2.12 bits per heavy atom. The highest BCUT2D eigenvalue weighted by Gasteiger charge is 2.19. The molecule has 0 spiro atoms. The van der Waals surface area contributed by atoms with E-state index < -0.39 is 22.5 Å². The molecule has 2 aromatic rings. The fourth-order valence-corrected chi connectivity index (χ4v) is 2.01. The fourth-order valence-electron chi connectivity index (χ4n) is 2.01. The summed E-state index contributed by atoms with van der Waals surface area (Å²) in [7, 11) is 1.15. The van der Waals surface area contributed by atoms with E-state index in [0.29, 0.717) is 5.75 Å². The molecule has 0 aliphatic heterocycles. The minimum Gasteiger partial charge on any atom is -0.465 e. The van der Waals surface area contributed by atoms with Crippen LogP contribution in [0.4, 0.5) is 5.69 Å². The molecule has 0 saturated carbocycles. The molecule has 0 aromatic heterocycles. The molecule has 2 rings (SSSR count). The van der Waals surface area contributed by atoms with Crippen LogP contribution < -0.4 is 4.74 Å². The smallest absolute Gasteiger partial charge is 0.343 e. The number of hydrogen-bond donors (Lipinski definition) is 0. The van der Waals surface area contributed by atoms with Gasteiger partial charge in [0, 0.05) is 12.1 Å². The molecule has 7 nitrogen and oxygen atoms in total. The lowest BCUT2D eigenvalue weighted by Crippen LogP contribution is -2.11. The van der Waals surface area contributed by atoms with Crippen LogP contribution in [0, 0.1) is 24.0 Å². The van der Waals surface area contributed by atoms with Gasteiger partial charge in [-0.2, -0.15) is 0 Å². The Kier molecular flexibility index (Phi) is 4.93. The third kappa shape index (κ3) is 3.75. The van der Waals surface area contributed by atoms with Crippen molar-refractivity contribution in [3.05, 3.63) is 68.8 Å². The van der Waals surface area contributed by atoms with Crippen molar-refractivity contribution in [2.75, 3.05) is 7.11 Å². The molecular formula is C17H15NO6. The molecule has 24 heavy (non-hydrogen) atoms. The van der Waals surface area contributed by atoms with E-state index >= 15 is 0 Å². The Morgan fingerprint density at radius 2 is 1.58 bits per heavy atom. The highest BCUT2D eigenvalue weighted by molar-refractivity contribution is 5.97. The number of ether oxygens (including phenoxy) is 2. The SMILES string of the molecule is COC(=O)c1cc(C(=O)Oc2ccc(C)c(C)c2)cc([N+](=O)[O-])c1. The van der Waals surface area contributed by atoms with Crippen molar-refractivity contribution in [1.29, 1.82) is 0 Å². The number of methoxy groups -OCH3 is 1. The normalized spacial score (nSPS) is 10.1. The monoisotopic (exact) mass is 329 g/mol. The minimum absolute atomic E-state index is 0.0984. The first-order valence-electron chi connectivity index (χ1n) is 6.99. The molecule has 0 aliphatic carbocycles. The number of carbonyl (C=O) groups excluding carboxylic acids is 2. The van der Waals surface area contributed by atoms with Gasteiger partial charge in [-0.3, -0.25) is 10.1 Å². The summed E-state index contributed by atoms with van der Waals surface area (Å²) in [6.45, 7) is 3.79. The largest absolute Gasteiger partial charge is 0.465 e. The molecule has 7 heteroatoms. The summed E-state index contributed by atoms with van der Waals surface area (Å²) in [5, 5.41) is 11.0. The van der Waals surface area contributed by atoms with E-state index in [4.69, 9.17) is 4.74 Å². The molecule has 0 radical (unpaired) electrons. The first-order valence-corrected chi connectivity index (χ1v) is 6.99. The molecule has 0 N–H and O–H groups in total. The van der Waals surface area contributed by atoms with Crippen LogP contribution in [-0.2, 0) is 4.74 Å². The number of aryl methyl sites for hydroxylation is 2. The van der Waals surface area contributed by atoms with Crippen molar-refractivity contribution in [1.82, 2.24) is 0 Å². The Labute approximate surface area is 138 Å². The van der Waals surface area contributed by atoms with Gasteiger partial charge in [-0.25, -0.2) is 9.59 Å². The van der Waals surface area contributed by atoms with Crippen LogP contribution in [0.15, 0.2) is 36.4 Å². The predicted molar refractivity (Wildman–Crippen MR) is 85.3 cm³/mol. The average molecular weight is 329 g/mol. The summed E-state index contributed by atoms with van der Waals surface area (Å²) >= 11 is 0. The van der Waals surface area contributed by atoms with E-state index in [-0.39, 0.29) is 11.1 Å². The molecule has 124 valence electrons. The first-order chi connectivity index (χ1) is 11.3. The van der Waals surface area contributed by atoms with Crippen LogP contribution in [0.25, 0.3) is 0 Å². The zero-order chi connectivity index (χ0) is 17.9. The molecule has 0 atom stereocenters. The summed E-state index contributed by atoms with van der Waals surface area (Å²) in [6.07, 6.45) is 0. The average Bonchev–Trinajstić information content (AvgIpc) is 2.56. The molecule has 0 amide bonds. The number of carbonyl (C=O) groups is 2. The van der Waals surface area contributed by atoms with Gasteiger partial charge in [0.05, 0.1) is 23.2 Å². The fraction of sp³-hybridized carbons (Fsp3) is 0.176. The lowest BCUT2D eigenvalue weighted by Gasteiger charge is -2.08. The van der Waals surface area contributed by atoms with E-state index in [0.717, 1.165) is 30.4 Å². The van der Waals surface area contributed by atoms with Gasteiger partial charge in [0.2, 0.25) is 0 Å². The van der Waals surface area contributed by atoms with Gasteiger partial charge in [-0.05, 0) is 43.2 Å². The molecule has 0 aliphatic rings. The highest BCUT2D eigenvalue weighted by Crippen LogP contribution is 2.21. The molecule has 0 saturated heterocycles. The van der Waals surface area contributed by atoms with Crippen molar-refractivity contribution >= 4 is 17.6 Å². The van der Waals surface area contributed by atoms with Crippen molar-refractivity contribution in [3.63, 3.8) is 0 Å². The summed E-state index contributed by atoms with van der Waals surface area (Å²) < 4.78 is 9.76. The van der Waals surface area contributed by atoms with Crippen molar-refractivity contribution in [3.8, 4) is 5.75 Å². The maximum atomic E-state index is 12.3. The van der Waals surface area contributed by atoms with Crippen LogP contribution in [0.2, 0.25) is 0 Å². The van der Waals surface area contributed by atoms with Crippen molar-refractivity contribution in [2.45, 2.75) is 13.8 Å². The second-order valence-electron chi connectivity index (χ2n) is 5.15. The summed E-state index contributed by atoms with van der Waals surface area (Å²) in [5.41, 5.74) is 1.37. The Bertz CT molecular complexity index is 828. The van der Waals surface area contributed by atoms with Crippen LogP contribution in [0.5, 0.6) is 5.75 Å². The predicted octanol–water partition coefficient (Wildman–Crippen LogP) is 3.22. The second kappa shape index (κ2) is 6.91. The zero-order valence-corrected chi connectivity index (χ0v) is 13.4. The lowest BCUT2D eigenvalue weighted by atomic mass is 10.1. The maximum absolute atomic E-state index is 12.3. The second-order valence-corrected chi connectivity index (χ2v) is 5.15. The van der Waals surface area contributed by atoms with Gasteiger partial charge in [0.25, 0.3) is 5.69 Å². The van der Waals surface area contributed by atoms with E-state index in [1.807, 2.05) is 13.8 Å². The van der Waals surface area contributed by atoms with Crippen molar-refractivity contribution in [2.24, 2.45) is 0 Å². The molecule has 0 heterocycles. The van der Waals surface area contributed by atoms with Gasteiger partial charge in [0.1, 0.15) is 5.75 Å². The molecule has 0 fully saturated rings. The maximum Gasteiger partial charge on any atom is 0.343 e. The number of hydrogen-bond acceptors (Lipinski definition) is 6. The number of nitrogens with zero attached hydrogens (tertiary/aromatic N) is 1.